The topological polar surface area (TPSA) is 77.0 Å². The van der Waals surface area contributed by atoms with Gasteiger partial charge in [0.05, 0.1) is 22.6 Å². The van der Waals surface area contributed by atoms with Gasteiger partial charge in [0.2, 0.25) is 0 Å². The van der Waals surface area contributed by atoms with Crippen molar-refractivity contribution in [2.45, 2.75) is 116 Å². The van der Waals surface area contributed by atoms with E-state index in [-0.39, 0.29) is 64.6 Å². The first-order valence-corrected chi connectivity index (χ1v) is 22.4. The second-order valence-electron chi connectivity index (χ2n) is 18.8. The normalized spacial score (nSPS) is 23.6. The lowest BCUT2D eigenvalue weighted by Crippen LogP contribution is -2.63. The fraction of sp³-hybridized carbons (Fsp3) is 0.548. The SMILES string of the molecule is Cc1cc(-c2c(F)cc3c(N4C[C@H]5CC[C@](C)(C4)N5C(=O)OC(C)(C)C)nc(OC[C@]4(CO[Si](C)(C)C(C)(C)C)CC4(F)F)nc3c2F)c2c(Cl)cccc2c1. The van der Waals surface area contributed by atoms with E-state index in [1.165, 1.54) is 6.07 Å². The maximum atomic E-state index is 17.2. The molecule has 0 radical (unpaired) electrons. The van der Waals surface area contributed by atoms with Gasteiger partial charge in [0.25, 0.3) is 5.92 Å². The van der Waals surface area contributed by atoms with Crippen LogP contribution in [0.4, 0.5) is 28.2 Å². The summed E-state index contributed by atoms with van der Waals surface area (Å²) in [7, 11) is -2.39. The van der Waals surface area contributed by atoms with Gasteiger partial charge in [-0.25, -0.2) is 22.4 Å². The van der Waals surface area contributed by atoms with Crippen LogP contribution < -0.4 is 9.64 Å². The second-order valence-corrected chi connectivity index (χ2v) is 24.1. The molecule has 3 aliphatic rings. The molecule has 2 saturated heterocycles. The summed E-state index contributed by atoms with van der Waals surface area (Å²) in [4.78, 5) is 26.3. The zero-order valence-electron chi connectivity index (χ0n) is 33.8. The maximum absolute atomic E-state index is 17.2. The molecule has 0 N–H and O–H groups in total. The van der Waals surface area contributed by atoms with Crippen molar-refractivity contribution >= 4 is 53.5 Å². The van der Waals surface area contributed by atoms with Gasteiger partial charge in [-0.1, -0.05) is 56.6 Å². The summed E-state index contributed by atoms with van der Waals surface area (Å²) >= 11 is 6.64. The highest BCUT2D eigenvalue weighted by Crippen LogP contribution is 2.61. The molecule has 7 rings (SSSR count). The van der Waals surface area contributed by atoms with Crippen LogP contribution >= 0.6 is 11.6 Å². The number of halogens is 5. The molecule has 4 aromatic rings. The molecule has 1 amide bonds. The van der Waals surface area contributed by atoms with Crippen molar-refractivity contribution in [2.24, 2.45) is 5.41 Å². The molecule has 2 bridgehead atoms. The number of fused-ring (bicyclic) bond motifs is 4. The largest absolute Gasteiger partial charge is 0.462 e. The number of hydrogen-bond acceptors (Lipinski definition) is 7. The summed E-state index contributed by atoms with van der Waals surface area (Å²) in [5.41, 5.74) is -2.56. The van der Waals surface area contributed by atoms with Gasteiger partial charge in [-0.15, -0.1) is 0 Å². The zero-order valence-corrected chi connectivity index (χ0v) is 35.6. The molecule has 3 atom stereocenters. The Labute approximate surface area is 332 Å². The number of aromatic nitrogens is 2. The molecule has 56 heavy (non-hydrogen) atoms. The molecule has 302 valence electrons. The van der Waals surface area contributed by atoms with E-state index < -0.39 is 61.6 Å². The summed E-state index contributed by atoms with van der Waals surface area (Å²) in [6.45, 7) is 19.2. The number of hydrogen-bond donors (Lipinski definition) is 0. The summed E-state index contributed by atoms with van der Waals surface area (Å²) in [6.07, 6.45) is 0.477. The van der Waals surface area contributed by atoms with Crippen LogP contribution in [0.1, 0.15) is 73.3 Å². The summed E-state index contributed by atoms with van der Waals surface area (Å²) in [6, 6.07) is 9.43. The van der Waals surface area contributed by atoms with Crippen LogP contribution in [0.2, 0.25) is 23.2 Å². The Morgan fingerprint density at radius 2 is 1.75 bits per heavy atom. The Balaban J connectivity index is 1.33. The number of ether oxygens (including phenoxy) is 2. The fourth-order valence-corrected chi connectivity index (χ4v) is 9.34. The molecule has 0 unspecified atom stereocenters. The Morgan fingerprint density at radius 3 is 2.38 bits per heavy atom. The molecule has 14 heteroatoms. The maximum Gasteiger partial charge on any atom is 0.411 e. The minimum absolute atomic E-state index is 0.0839. The van der Waals surface area contributed by atoms with Gasteiger partial charge >= 0.3 is 12.1 Å². The van der Waals surface area contributed by atoms with Crippen LogP contribution in [0.25, 0.3) is 32.8 Å². The third-order valence-corrected chi connectivity index (χ3v) is 17.0. The second kappa shape index (κ2) is 13.4. The van der Waals surface area contributed by atoms with Crippen molar-refractivity contribution in [1.29, 1.82) is 0 Å². The monoisotopic (exact) mass is 814 g/mol. The number of aryl methyl sites for hydroxylation is 1. The first kappa shape index (κ1) is 40.5. The van der Waals surface area contributed by atoms with Crippen molar-refractivity contribution in [1.82, 2.24) is 14.9 Å². The first-order valence-electron chi connectivity index (χ1n) is 19.2. The number of benzene rings is 3. The van der Waals surface area contributed by atoms with Gasteiger partial charge < -0.3 is 18.8 Å². The first-order chi connectivity index (χ1) is 25.9. The number of rotatable bonds is 8. The van der Waals surface area contributed by atoms with E-state index in [2.05, 4.69) is 4.98 Å². The average molecular weight is 815 g/mol. The van der Waals surface area contributed by atoms with Gasteiger partial charge in [0.1, 0.15) is 29.4 Å². The predicted molar refractivity (Wildman–Crippen MR) is 214 cm³/mol. The summed E-state index contributed by atoms with van der Waals surface area (Å²) in [5.74, 6) is -4.68. The zero-order chi connectivity index (χ0) is 41.0. The minimum atomic E-state index is -3.05. The van der Waals surface area contributed by atoms with Crippen LogP contribution in [0.5, 0.6) is 6.01 Å². The number of amides is 1. The third-order valence-electron chi connectivity index (χ3n) is 12.2. The Morgan fingerprint density at radius 1 is 1.05 bits per heavy atom. The van der Waals surface area contributed by atoms with E-state index in [9.17, 15) is 4.79 Å². The van der Waals surface area contributed by atoms with Crippen LogP contribution in [0.15, 0.2) is 36.4 Å². The van der Waals surface area contributed by atoms with E-state index in [1.54, 1.807) is 23.1 Å². The van der Waals surface area contributed by atoms with Crippen molar-refractivity contribution in [2.75, 3.05) is 31.2 Å². The van der Waals surface area contributed by atoms with Gasteiger partial charge in [-0.2, -0.15) is 9.97 Å². The Kier molecular flexibility index (Phi) is 9.72. The van der Waals surface area contributed by atoms with E-state index in [0.717, 1.165) is 5.56 Å². The number of nitrogens with zero attached hydrogens (tertiary/aromatic N) is 4. The predicted octanol–water partition coefficient (Wildman–Crippen LogP) is 11.1. The fourth-order valence-electron chi connectivity index (χ4n) is 7.98. The summed E-state index contributed by atoms with van der Waals surface area (Å²) < 4.78 is 82.3. The van der Waals surface area contributed by atoms with Crippen LogP contribution in [-0.2, 0) is 9.16 Å². The van der Waals surface area contributed by atoms with Crippen molar-refractivity contribution in [3.05, 3.63) is 58.6 Å². The van der Waals surface area contributed by atoms with Gasteiger partial charge in [-0.3, -0.25) is 4.90 Å². The van der Waals surface area contributed by atoms with Crippen LogP contribution in [0, 0.1) is 24.0 Å². The standard InChI is InChI=1S/C42H51ClF4N4O4Si/c1-24-16-25-12-11-13-29(43)31(25)27(17-24)32-30(44)18-28-34(33(32)45)48-36(53-22-41(20-42(41,46)47)23-54-56(9,10)39(5,6)7)49-35(28)50-19-26-14-15-40(8,21-50)51(26)37(52)55-38(2,3)4/h11-13,16-18,26H,14-15,19-23H2,1-10H3/t26-,40-,41+/m1/s1. The lowest BCUT2D eigenvalue weighted by molar-refractivity contribution is -0.00292. The average Bonchev–Trinajstić information content (AvgIpc) is 3.54. The van der Waals surface area contributed by atoms with E-state index in [4.69, 9.17) is 30.5 Å². The smallest absolute Gasteiger partial charge is 0.411 e. The van der Waals surface area contributed by atoms with Crippen molar-refractivity contribution in [3.8, 4) is 17.1 Å². The summed E-state index contributed by atoms with van der Waals surface area (Å²) in [5, 5.41) is 1.40. The molecule has 0 spiro atoms. The Bertz CT molecular complexity index is 2250. The number of alkyl halides is 2. The van der Waals surface area contributed by atoms with Crippen molar-refractivity contribution < 1.29 is 36.3 Å². The molecule has 3 heterocycles. The lowest BCUT2D eigenvalue weighted by Gasteiger charge is -2.47. The van der Waals surface area contributed by atoms with Gasteiger partial charge in [0, 0.05) is 41.9 Å². The minimum Gasteiger partial charge on any atom is -0.462 e. The molecule has 1 saturated carbocycles. The molecule has 3 fully saturated rings. The number of piperazine rings is 1. The lowest BCUT2D eigenvalue weighted by atomic mass is 9.94. The highest BCUT2D eigenvalue weighted by molar-refractivity contribution is 6.74. The molecule has 2 aliphatic heterocycles. The van der Waals surface area contributed by atoms with E-state index in [1.807, 2.05) is 85.5 Å². The number of carbonyl (C=O) groups excluding carboxylic acids is 1. The molecule has 8 nitrogen and oxygen atoms in total. The number of anilines is 1. The molecule has 1 aliphatic carbocycles. The quantitative estimate of drug-likeness (QED) is 0.129. The highest BCUT2D eigenvalue weighted by Gasteiger charge is 2.72. The Hall–Kier alpha value is -3.68. The molecular weight excluding hydrogens is 764 g/mol. The number of carbonyl (C=O) groups is 1. The van der Waals surface area contributed by atoms with Crippen LogP contribution in [0.3, 0.4) is 0 Å². The van der Waals surface area contributed by atoms with Crippen LogP contribution in [-0.4, -0.2) is 78.7 Å². The molecule has 1 aromatic heterocycles. The van der Waals surface area contributed by atoms with Crippen molar-refractivity contribution in [3.63, 3.8) is 0 Å². The van der Waals surface area contributed by atoms with Gasteiger partial charge in [0.15, 0.2) is 14.1 Å². The molecule has 3 aromatic carbocycles. The molecular formula is C42H51ClF4N4O4Si. The third kappa shape index (κ3) is 7.10. The highest BCUT2D eigenvalue weighted by atomic mass is 35.5. The van der Waals surface area contributed by atoms with Gasteiger partial charge in [-0.05, 0) is 94.2 Å². The van der Waals surface area contributed by atoms with E-state index >= 15 is 17.6 Å². The van der Waals surface area contributed by atoms with E-state index in [0.29, 0.717) is 28.6 Å².